The number of hydrogen-bond acceptors (Lipinski definition) is 2. The molecular formula is C14H21ClFNS. The molecule has 0 spiro atoms. The second kappa shape index (κ2) is 8.03. The van der Waals surface area contributed by atoms with Crippen molar-refractivity contribution >= 4 is 23.4 Å². The van der Waals surface area contributed by atoms with Crippen LogP contribution in [0.15, 0.2) is 18.2 Å². The maximum atomic E-state index is 13.7. The van der Waals surface area contributed by atoms with Crippen LogP contribution in [0.2, 0.25) is 5.02 Å². The molecule has 0 aromatic heterocycles. The molecule has 1 rings (SSSR count). The average molecular weight is 290 g/mol. The quantitative estimate of drug-likeness (QED) is 0.814. The van der Waals surface area contributed by atoms with Crippen LogP contribution in [0.4, 0.5) is 4.39 Å². The van der Waals surface area contributed by atoms with E-state index >= 15 is 0 Å². The van der Waals surface area contributed by atoms with E-state index in [9.17, 15) is 4.39 Å². The van der Waals surface area contributed by atoms with Gasteiger partial charge in [0, 0.05) is 16.8 Å². The maximum Gasteiger partial charge on any atom is 0.127 e. The first-order valence-corrected chi connectivity index (χ1v) is 7.75. The van der Waals surface area contributed by atoms with Crippen LogP contribution >= 0.6 is 23.4 Å². The fraction of sp³-hybridized carbons (Fsp3) is 0.571. The van der Waals surface area contributed by atoms with E-state index in [2.05, 4.69) is 19.2 Å². The van der Waals surface area contributed by atoms with Crippen molar-refractivity contribution in [3.05, 3.63) is 34.6 Å². The SMILES string of the molecule is CNC(CSCC(C)C)Cc1ccc(Cl)cc1F. The van der Waals surface area contributed by atoms with Crippen LogP contribution in [0.25, 0.3) is 0 Å². The molecule has 0 heterocycles. The molecular weight excluding hydrogens is 269 g/mol. The summed E-state index contributed by atoms with van der Waals surface area (Å²) in [4.78, 5) is 0. The van der Waals surface area contributed by atoms with Crippen LogP contribution in [0, 0.1) is 11.7 Å². The van der Waals surface area contributed by atoms with E-state index in [0.29, 0.717) is 23.4 Å². The molecule has 1 N–H and O–H groups in total. The Morgan fingerprint density at radius 1 is 1.33 bits per heavy atom. The van der Waals surface area contributed by atoms with E-state index in [-0.39, 0.29) is 5.82 Å². The molecule has 1 nitrogen and oxygen atoms in total. The topological polar surface area (TPSA) is 12.0 Å². The zero-order valence-electron chi connectivity index (χ0n) is 11.2. The third-order valence-corrected chi connectivity index (χ3v) is 4.44. The summed E-state index contributed by atoms with van der Waals surface area (Å²) in [5.41, 5.74) is 0.726. The minimum Gasteiger partial charge on any atom is -0.316 e. The van der Waals surface area contributed by atoms with Gasteiger partial charge >= 0.3 is 0 Å². The standard InChI is InChI=1S/C14H21ClFNS/c1-10(2)8-18-9-13(17-3)6-11-4-5-12(15)7-14(11)16/h4-5,7,10,13,17H,6,8-9H2,1-3H3. The zero-order valence-corrected chi connectivity index (χ0v) is 12.7. The Morgan fingerprint density at radius 2 is 2.06 bits per heavy atom. The zero-order chi connectivity index (χ0) is 13.5. The lowest BCUT2D eigenvalue weighted by Gasteiger charge is -2.17. The van der Waals surface area contributed by atoms with Crippen molar-refractivity contribution in [3.8, 4) is 0 Å². The van der Waals surface area contributed by atoms with Crippen LogP contribution in [0.3, 0.4) is 0 Å². The van der Waals surface area contributed by atoms with E-state index in [0.717, 1.165) is 17.1 Å². The molecule has 0 aliphatic carbocycles. The molecule has 0 saturated heterocycles. The van der Waals surface area contributed by atoms with Gasteiger partial charge in [0.05, 0.1) is 0 Å². The fourth-order valence-corrected chi connectivity index (χ4v) is 2.98. The Balaban J connectivity index is 2.51. The summed E-state index contributed by atoms with van der Waals surface area (Å²) in [6.07, 6.45) is 0.699. The molecule has 0 radical (unpaired) electrons. The molecule has 0 aliphatic heterocycles. The number of halogens is 2. The number of likely N-dealkylation sites (N-methyl/N-ethyl adjacent to an activating group) is 1. The molecule has 0 bridgehead atoms. The summed E-state index contributed by atoms with van der Waals surface area (Å²) in [7, 11) is 1.93. The molecule has 0 saturated carbocycles. The van der Waals surface area contributed by atoms with E-state index in [4.69, 9.17) is 11.6 Å². The van der Waals surface area contributed by atoms with E-state index < -0.39 is 0 Å². The third kappa shape index (κ3) is 5.59. The number of benzene rings is 1. The first-order valence-electron chi connectivity index (χ1n) is 6.22. The fourth-order valence-electron chi connectivity index (χ4n) is 1.64. The second-order valence-electron chi connectivity index (χ2n) is 4.86. The van der Waals surface area contributed by atoms with Gasteiger partial charge < -0.3 is 5.32 Å². The van der Waals surface area contributed by atoms with Gasteiger partial charge in [0.15, 0.2) is 0 Å². The summed E-state index contributed by atoms with van der Waals surface area (Å²) >= 11 is 7.66. The van der Waals surface area contributed by atoms with Crippen molar-refractivity contribution in [2.24, 2.45) is 5.92 Å². The number of hydrogen-bond donors (Lipinski definition) is 1. The summed E-state index contributed by atoms with van der Waals surface area (Å²) in [6.45, 7) is 4.42. The largest absolute Gasteiger partial charge is 0.316 e. The van der Waals surface area contributed by atoms with Gasteiger partial charge in [-0.3, -0.25) is 0 Å². The number of rotatable bonds is 7. The van der Waals surface area contributed by atoms with Crippen molar-refractivity contribution in [3.63, 3.8) is 0 Å². The molecule has 0 fully saturated rings. The highest BCUT2D eigenvalue weighted by molar-refractivity contribution is 7.99. The molecule has 0 amide bonds. The second-order valence-corrected chi connectivity index (χ2v) is 6.37. The molecule has 18 heavy (non-hydrogen) atoms. The number of thioether (sulfide) groups is 1. The molecule has 0 aliphatic rings. The van der Waals surface area contributed by atoms with E-state index in [1.807, 2.05) is 18.8 Å². The molecule has 1 aromatic carbocycles. The van der Waals surface area contributed by atoms with Gasteiger partial charge in [0.1, 0.15) is 5.82 Å². The highest BCUT2D eigenvalue weighted by atomic mass is 35.5. The monoisotopic (exact) mass is 289 g/mol. The van der Waals surface area contributed by atoms with Crippen LogP contribution in [-0.2, 0) is 6.42 Å². The van der Waals surface area contributed by atoms with Crippen molar-refractivity contribution in [1.82, 2.24) is 5.32 Å². The van der Waals surface area contributed by atoms with E-state index in [1.54, 1.807) is 12.1 Å². The molecule has 1 unspecified atom stereocenters. The minimum atomic E-state index is -0.211. The molecule has 1 atom stereocenters. The maximum absolute atomic E-state index is 13.7. The summed E-state index contributed by atoms with van der Waals surface area (Å²) in [5, 5.41) is 3.70. The lowest BCUT2D eigenvalue weighted by atomic mass is 10.1. The highest BCUT2D eigenvalue weighted by Gasteiger charge is 2.11. The third-order valence-electron chi connectivity index (χ3n) is 2.66. The lowest BCUT2D eigenvalue weighted by molar-refractivity contribution is 0.568. The van der Waals surface area contributed by atoms with Gasteiger partial charge in [0.25, 0.3) is 0 Å². The van der Waals surface area contributed by atoms with Crippen molar-refractivity contribution < 1.29 is 4.39 Å². The Morgan fingerprint density at radius 3 is 2.61 bits per heavy atom. The first-order chi connectivity index (χ1) is 8.52. The van der Waals surface area contributed by atoms with Crippen LogP contribution in [-0.4, -0.2) is 24.6 Å². The van der Waals surface area contributed by atoms with Crippen molar-refractivity contribution in [2.75, 3.05) is 18.6 Å². The average Bonchev–Trinajstić information content (AvgIpc) is 2.30. The number of nitrogens with one attached hydrogen (secondary N) is 1. The normalized spacial score (nSPS) is 13.0. The van der Waals surface area contributed by atoms with Gasteiger partial charge in [-0.2, -0.15) is 11.8 Å². The predicted molar refractivity (Wildman–Crippen MR) is 80.1 cm³/mol. The Labute approximate surface area is 118 Å². The Bertz CT molecular complexity index is 371. The van der Waals surface area contributed by atoms with Crippen molar-refractivity contribution in [1.29, 1.82) is 0 Å². The summed E-state index contributed by atoms with van der Waals surface area (Å²) < 4.78 is 13.7. The smallest absolute Gasteiger partial charge is 0.127 e. The van der Waals surface area contributed by atoms with Gasteiger partial charge in [-0.1, -0.05) is 31.5 Å². The van der Waals surface area contributed by atoms with Crippen LogP contribution in [0.1, 0.15) is 19.4 Å². The van der Waals surface area contributed by atoms with Gasteiger partial charge in [-0.25, -0.2) is 4.39 Å². The first kappa shape index (κ1) is 15.8. The van der Waals surface area contributed by atoms with Gasteiger partial charge in [-0.15, -0.1) is 0 Å². The van der Waals surface area contributed by atoms with E-state index in [1.165, 1.54) is 6.07 Å². The Kier molecular flexibility index (Phi) is 7.05. The summed E-state index contributed by atoms with van der Waals surface area (Å²) in [6, 6.07) is 5.19. The molecule has 4 heteroatoms. The minimum absolute atomic E-state index is 0.211. The van der Waals surface area contributed by atoms with Gasteiger partial charge in [-0.05, 0) is 42.8 Å². The lowest BCUT2D eigenvalue weighted by Crippen LogP contribution is -2.30. The molecule has 1 aromatic rings. The van der Waals surface area contributed by atoms with Crippen LogP contribution in [0.5, 0.6) is 0 Å². The highest BCUT2D eigenvalue weighted by Crippen LogP contribution is 2.17. The predicted octanol–water partition coefficient (Wildman–Crippen LogP) is 4.00. The Hall–Kier alpha value is -0.250. The van der Waals surface area contributed by atoms with Gasteiger partial charge in [0.2, 0.25) is 0 Å². The van der Waals surface area contributed by atoms with Crippen LogP contribution < -0.4 is 5.32 Å². The van der Waals surface area contributed by atoms with Crippen molar-refractivity contribution in [2.45, 2.75) is 26.3 Å². The molecule has 102 valence electrons. The summed E-state index contributed by atoms with van der Waals surface area (Å²) in [5.74, 6) is 2.62.